The van der Waals surface area contributed by atoms with E-state index in [1.54, 1.807) is 0 Å². The highest BCUT2D eigenvalue weighted by atomic mass is 16.4. The standard InChI is InChI=1S/C13H24O3/c1-12(2,3)13(4,16)10-7-5-6-9(8-10)11(14)15/h9-10,16H,5-8H2,1-4H3,(H,14,15). The van der Waals surface area contributed by atoms with Gasteiger partial charge in [-0.15, -0.1) is 0 Å². The Hall–Kier alpha value is -0.570. The molecule has 1 aliphatic rings. The number of aliphatic carboxylic acids is 1. The molecule has 0 aliphatic heterocycles. The van der Waals surface area contributed by atoms with Crippen molar-refractivity contribution in [2.24, 2.45) is 17.3 Å². The fraction of sp³-hybridized carbons (Fsp3) is 0.923. The van der Waals surface area contributed by atoms with Crippen LogP contribution in [0.3, 0.4) is 0 Å². The van der Waals surface area contributed by atoms with E-state index < -0.39 is 11.6 Å². The summed E-state index contributed by atoms with van der Waals surface area (Å²) in [5, 5.41) is 19.6. The van der Waals surface area contributed by atoms with Crippen LogP contribution in [0, 0.1) is 17.3 Å². The van der Waals surface area contributed by atoms with Crippen LogP contribution in [0.4, 0.5) is 0 Å². The third-order valence-electron chi connectivity index (χ3n) is 4.34. The van der Waals surface area contributed by atoms with E-state index >= 15 is 0 Å². The minimum Gasteiger partial charge on any atom is -0.481 e. The molecule has 3 heteroatoms. The SMILES string of the molecule is CC(C)(C)C(C)(O)C1CCCC(C(=O)O)C1. The molecule has 1 saturated carbocycles. The molecule has 1 aliphatic carbocycles. The lowest BCUT2D eigenvalue weighted by atomic mass is 9.64. The zero-order valence-corrected chi connectivity index (χ0v) is 10.8. The van der Waals surface area contributed by atoms with Crippen molar-refractivity contribution in [3.8, 4) is 0 Å². The van der Waals surface area contributed by atoms with Gasteiger partial charge in [0.25, 0.3) is 0 Å². The van der Waals surface area contributed by atoms with Gasteiger partial charge in [0.1, 0.15) is 0 Å². The predicted octanol–water partition coefficient (Wildman–Crippen LogP) is 2.67. The Labute approximate surface area is 97.9 Å². The summed E-state index contributed by atoms with van der Waals surface area (Å²) in [5.74, 6) is -0.885. The van der Waals surface area contributed by atoms with Gasteiger partial charge in [0.15, 0.2) is 0 Å². The highest BCUT2D eigenvalue weighted by molar-refractivity contribution is 5.70. The van der Waals surface area contributed by atoms with E-state index in [-0.39, 0.29) is 17.3 Å². The normalized spacial score (nSPS) is 30.8. The number of carboxylic acids is 1. The minimum atomic E-state index is -0.791. The maximum atomic E-state index is 11.0. The Balaban J connectivity index is 2.77. The second-order valence-corrected chi connectivity index (χ2v) is 6.30. The quantitative estimate of drug-likeness (QED) is 0.764. The molecule has 0 aromatic rings. The molecule has 3 nitrogen and oxygen atoms in total. The van der Waals surface area contributed by atoms with Crippen LogP contribution in [0.25, 0.3) is 0 Å². The Morgan fingerprint density at radius 2 is 1.75 bits per heavy atom. The van der Waals surface area contributed by atoms with Crippen LogP contribution < -0.4 is 0 Å². The smallest absolute Gasteiger partial charge is 0.306 e. The van der Waals surface area contributed by atoms with E-state index in [1.165, 1.54) is 0 Å². The topological polar surface area (TPSA) is 57.5 Å². The molecule has 1 fully saturated rings. The lowest BCUT2D eigenvalue weighted by Gasteiger charge is -2.46. The highest BCUT2D eigenvalue weighted by Gasteiger charge is 2.44. The van der Waals surface area contributed by atoms with Crippen molar-refractivity contribution in [1.29, 1.82) is 0 Å². The summed E-state index contributed by atoms with van der Waals surface area (Å²) in [5.41, 5.74) is -1.00. The molecule has 0 radical (unpaired) electrons. The monoisotopic (exact) mass is 228 g/mol. The zero-order valence-electron chi connectivity index (χ0n) is 10.8. The molecule has 3 unspecified atom stereocenters. The number of hydrogen-bond donors (Lipinski definition) is 2. The Morgan fingerprint density at radius 1 is 1.19 bits per heavy atom. The summed E-state index contributed by atoms with van der Waals surface area (Å²) in [6.07, 6.45) is 3.22. The summed E-state index contributed by atoms with van der Waals surface area (Å²) in [4.78, 5) is 11.0. The molecule has 0 aromatic carbocycles. The summed E-state index contributed by atoms with van der Waals surface area (Å²) in [6.45, 7) is 7.88. The molecule has 0 heterocycles. The number of carboxylic acid groups (broad SMARTS) is 1. The number of aliphatic hydroxyl groups is 1. The van der Waals surface area contributed by atoms with E-state index in [9.17, 15) is 9.90 Å². The lowest BCUT2D eigenvalue weighted by molar-refractivity contribution is -0.148. The molecular weight excluding hydrogens is 204 g/mol. The van der Waals surface area contributed by atoms with Crippen LogP contribution in [0.2, 0.25) is 0 Å². The van der Waals surface area contributed by atoms with Gasteiger partial charge in [0.05, 0.1) is 11.5 Å². The molecule has 0 amide bonds. The summed E-state index contributed by atoms with van der Waals surface area (Å²) < 4.78 is 0. The highest BCUT2D eigenvalue weighted by Crippen LogP contribution is 2.44. The van der Waals surface area contributed by atoms with Gasteiger partial charge in [-0.1, -0.05) is 27.2 Å². The fourth-order valence-corrected chi connectivity index (χ4v) is 2.54. The number of carbonyl (C=O) groups is 1. The maximum Gasteiger partial charge on any atom is 0.306 e. The van der Waals surface area contributed by atoms with Crippen molar-refractivity contribution in [2.45, 2.75) is 59.0 Å². The van der Waals surface area contributed by atoms with Gasteiger partial charge >= 0.3 is 5.97 Å². The van der Waals surface area contributed by atoms with E-state index in [0.717, 1.165) is 19.3 Å². The summed E-state index contributed by atoms with van der Waals surface area (Å²) in [7, 11) is 0. The summed E-state index contributed by atoms with van der Waals surface area (Å²) in [6, 6.07) is 0. The van der Waals surface area contributed by atoms with Crippen LogP contribution in [0.1, 0.15) is 53.4 Å². The molecule has 2 N–H and O–H groups in total. The molecule has 16 heavy (non-hydrogen) atoms. The maximum absolute atomic E-state index is 11.0. The molecule has 0 spiro atoms. The predicted molar refractivity (Wildman–Crippen MR) is 63.2 cm³/mol. The average Bonchev–Trinajstić information content (AvgIpc) is 2.16. The molecule has 0 bridgehead atoms. The Morgan fingerprint density at radius 3 is 2.19 bits per heavy atom. The number of rotatable bonds is 2. The minimum absolute atomic E-state index is 0.0994. The third kappa shape index (κ3) is 2.57. The Bertz CT molecular complexity index is 263. The van der Waals surface area contributed by atoms with Crippen molar-refractivity contribution < 1.29 is 15.0 Å². The Kier molecular flexibility index (Phi) is 3.68. The zero-order chi connectivity index (χ0) is 12.6. The molecule has 1 rings (SSSR count). The van der Waals surface area contributed by atoms with Crippen LogP contribution >= 0.6 is 0 Å². The fourth-order valence-electron chi connectivity index (χ4n) is 2.54. The first kappa shape index (κ1) is 13.5. The second kappa shape index (κ2) is 4.36. The first-order valence-electron chi connectivity index (χ1n) is 6.11. The van der Waals surface area contributed by atoms with Gasteiger partial charge in [-0.25, -0.2) is 0 Å². The molecular formula is C13H24O3. The van der Waals surface area contributed by atoms with Crippen molar-refractivity contribution >= 4 is 5.97 Å². The van der Waals surface area contributed by atoms with Gasteiger partial charge in [-0.05, 0) is 37.5 Å². The second-order valence-electron chi connectivity index (χ2n) is 6.30. The lowest BCUT2D eigenvalue weighted by Crippen LogP contribution is -2.48. The van der Waals surface area contributed by atoms with Crippen molar-refractivity contribution in [1.82, 2.24) is 0 Å². The third-order valence-corrected chi connectivity index (χ3v) is 4.34. The first-order valence-corrected chi connectivity index (χ1v) is 6.11. The van der Waals surface area contributed by atoms with Crippen molar-refractivity contribution in [3.63, 3.8) is 0 Å². The van der Waals surface area contributed by atoms with Gasteiger partial charge < -0.3 is 10.2 Å². The largest absolute Gasteiger partial charge is 0.481 e. The average molecular weight is 228 g/mol. The summed E-state index contributed by atoms with van der Waals surface area (Å²) >= 11 is 0. The van der Waals surface area contributed by atoms with Gasteiger partial charge in [0.2, 0.25) is 0 Å². The first-order chi connectivity index (χ1) is 7.16. The van der Waals surface area contributed by atoms with Crippen molar-refractivity contribution in [2.75, 3.05) is 0 Å². The van der Waals surface area contributed by atoms with E-state index in [2.05, 4.69) is 0 Å². The van der Waals surface area contributed by atoms with E-state index in [4.69, 9.17) is 5.11 Å². The van der Waals surface area contributed by atoms with E-state index in [1.807, 2.05) is 27.7 Å². The van der Waals surface area contributed by atoms with E-state index in [0.29, 0.717) is 6.42 Å². The van der Waals surface area contributed by atoms with Crippen LogP contribution in [-0.2, 0) is 4.79 Å². The number of hydrogen-bond acceptors (Lipinski definition) is 2. The van der Waals surface area contributed by atoms with Gasteiger partial charge in [-0.2, -0.15) is 0 Å². The van der Waals surface area contributed by atoms with Crippen LogP contribution in [0.5, 0.6) is 0 Å². The molecule has 3 atom stereocenters. The van der Waals surface area contributed by atoms with Crippen molar-refractivity contribution in [3.05, 3.63) is 0 Å². The van der Waals surface area contributed by atoms with Gasteiger partial charge in [-0.3, -0.25) is 4.79 Å². The molecule has 0 saturated heterocycles. The molecule has 0 aromatic heterocycles. The van der Waals surface area contributed by atoms with Gasteiger partial charge in [0, 0.05) is 0 Å². The van der Waals surface area contributed by atoms with Crippen LogP contribution in [-0.4, -0.2) is 21.8 Å². The van der Waals surface area contributed by atoms with Crippen LogP contribution in [0.15, 0.2) is 0 Å². The molecule has 94 valence electrons.